The van der Waals surface area contributed by atoms with Crippen LogP contribution in [0.2, 0.25) is 0 Å². The van der Waals surface area contributed by atoms with Crippen LogP contribution in [0.15, 0.2) is 50.7 Å². The van der Waals surface area contributed by atoms with Crippen molar-refractivity contribution in [3.63, 3.8) is 0 Å². The fourth-order valence-corrected chi connectivity index (χ4v) is 2.82. The van der Waals surface area contributed by atoms with Gasteiger partial charge >= 0.3 is 0 Å². The topological polar surface area (TPSA) is 81.2 Å². The predicted molar refractivity (Wildman–Crippen MR) is 96.6 cm³/mol. The molecule has 2 heterocycles. The summed E-state index contributed by atoms with van der Waals surface area (Å²) in [5.41, 5.74) is 2.77. The van der Waals surface area contributed by atoms with Gasteiger partial charge in [-0.3, -0.25) is 4.79 Å². The molecular formula is C18H19N3O3S. The van der Waals surface area contributed by atoms with E-state index in [1.807, 2.05) is 31.2 Å². The standard InChI is InChI=1S/C18H19N3O3S/c1-11(2)13-4-6-14(7-5-13)19-16(22)10-25-18-21-20-17(24-18)15-8-9-23-12(15)3/h4-9,11H,10H2,1-3H3,(H,19,22). The first-order chi connectivity index (χ1) is 12.0. The van der Waals surface area contributed by atoms with Crippen molar-refractivity contribution in [1.29, 1.82) is 0 Å². The fraction of sp³-hybridized carbons (Fsp3) is 0.278. The molecule has 0 aliphatic rings. The van der Waals surface area contributed by atoms with Crippen molar-refractivity contribution in [2.75, 3.05) is 11.1 Å². The number of nitrogens with zero attached hydrogens (tertiary/aromatic N) is 2. The molecule has 0 bridgehead atoms. The van der Waals surface area contributed by atoms with Gasteiger partial charge in [-0.15, -0.1) is 10.2 Å². The molecule has 0 radical (unpaired) electrons. The van der Waals surface area contributed by atoms with Gasteiger partial charge in [0, 0.05) is 5.69 Å². The zero-order valence-corrected chi connectivity index (χ0v) is 15.1. The molecule has 0 spiro atoms. The first-order valence-corrected chi connectivity index (χ1v) is 8.92. The Bertz CT molecular complexity index is 853. The van der Waals surface area contributed by atoms with E-state index in [1.165, 1.54) is 17.3 Å². The van der Waals surface area contributed by atoms with Crippen molar-refractivity contribution >= 4 is 23.4 Å². The summed E-state index contributed by atoms with van der Waals surface area (Å²) in [7, 11) is 0. The van der Waals surface area contributed by atoms with E-state index in [0.29, 0.717) is 22.8 Å². The number of hydrogen-bond acceptors (Lipinski definition) is 6. The maximum Gasteiger partial charge on any atom is 0.277 e. The van der Waals surface area contributed by atoms with Crippen LogP contribution in [0.3, 0.4) is 0 Å². The maximum atomic E-state index is 12.1. The summed E-state index contributed by atoms with van der Waals surface area (Å²) in [6.07, 6.45) is 1.57. The largest absolute Gasteiger partial charge is 0.469 e. The van der Waals surface area contributed by atoms with E-state index in [4.69, 9.17) is 8.83 Å². The molecule has 7 heteroatoms. The van der Waals surface area contributed by atoms with Gasteiger partial charge < -0.3 is 14.2 Å². The molecule has 0 atom stereocenters. The number of anilines is 1. The minimum Gasteiger partial charge on any atom is -0.469 e. The van der Waals surface area contributed by atoms with Crippen LogP contribution in [0.1, 0.15) is 31.1 Å². The minimum absolute atomic E-state index is 0.124. The Hall–Kier alpha value is -2.54. The molecule has 0 aliphatic heterocycles. The second-order valence-electron chi connectivity index (χ2n) is 5.88. The van der Waals surface area contributed by atoms with Crippen LogP contribution >= 0.6 is 11.8 Å². The molecular weight excluding hydrogens is 338 g/mol. The Labute approximate surface area is 150 Å². The number of aryl methyl sites for hydroxylation is 1. The fourth-order valence-electron chi connectivity index (χ4n) is 2.26. The van der Waals surface area contributed by atoms with Crippen LogP contribution in [0, 0.1) is 6.92 Å². The highest BCUT2D eigenvalue weighted by Crippen LogP contribution is 2.26. The number of hydrogen-bond donors (Lipinski definition) is 1. The van der Waals surface area contributed by atoms with E-state index < -0.39 is 0 Å². The van der Waals surface area contributed by atoms with Crippen molar-refractivity contribution < 1.29 is 13.6 Å². The van der Waals surface area contributed by atoms with E-state index in [0.717, 1.165) is 11.3 Å². The second-order valence-corrected chi connectivity index (χ2v) is 6.80. The van der Waals surface area contributed by atoms with Crippen LogP contribution in [0.5, 0.6) is 0 Å². The third-order valence-corrected chi connectivity index (χ3v) is 4.50. The summed E-state index contributed by atoms with van der Waals surface area (Å²) in [6.45, 7) is 6.09. The first-order valence-electron chi connectivity index (χ1n) is 7.93. The van der Waals surface area contributed by atoms with Crippen molar-refractivity contribution in [3.05, 3.63) is 47.9 Å². The average molecular weight is 357 g/mol. The van der Waals surface area contributed by atoms with Gasteiger partial charge in [0.2, 0.25) is 5.91 Å². The molecule has 0 unspecified atom stereocenters. The molecule has 0 saturated heterocycles. The number of benzene rings is 1. The van der Waals surface area contributed by atoms with E-state index in [1.54, 1.807) is 12.3 Å². The van der Waals surface area contributed by atoms with Gasteiger partial charge in [-0.2, -0.15) is 0 Å². The number of nitrogens with one attached hydrogen (secondary N) is 1. The molecule has 3 aromatic rings. The number of thioether (sulfide) groups is 1. The number of amides is 1. The van der Waals surface area contributed by atoms with Gasteiger partial charge in [-0.1, -0.05) is 37.7 Å². The Morgan fingerprint density at radius 2 is 1.96 bits per heavy atom. The van der Waals surface area contributed by atoms with Gasteiger partial charge in [0.05, 0.1) is 17.6 Å². The minimum atomic E-state index is -0.124. The summed E-state index contributed by atoms with van der Waals surface area (Å²) in [6, 6.07) is 9.62. The van der Waals surface area contributed by atoms with E-state index in [9.17, 15) is 4.79 Å². The Morgan fingerprint density at radius 1 is 1.20 bits per heavy atom. The molecule has 130 valence electrons. The zero-order valence-electron chi connectivity index (χ0n) is 14.3. The molecule has 0 aliphatic carbocycles. The highest BCUT2D eigenvalue weighted by molar-refractivity contribution is 7.99. The van der Waals surface area contributed by atoms with Crippen molar-refractivity contribution in [1.82, 2.24) is 10.2 Å². The Morgan fingerprint density at radius 3 is 2.60 bits per heavy atom. The molecule has 25 heavy (non-hydrogen) atoms. The molecule has 1 aromatic carbocycles. The van der Waals surface area contributed by atoms with Gasteiger partial charge in [0.15, 0.2) is 0 Å². The molecule has 1 N–H and O–H groups in total. The van der Waals surface area contributed by atoms with Crippen LogP contribution < -0.4 is 5.32 Å². The van der Waals surface area contributed by atoms with Crippen molar-refractivity contribution in [2.24, 2.45) is 0 Å². The SMILES string of the molecule is Cc1occc1-c1nnc(SCC(=O)Nc2ccc(C(C)C)cc2)o1. The first kappa shape index (κ1) is 17.3. The van der Waals surface area contributed by atoms with Gasteiger partial charge in [-0.25, -0.2) is 0 Å². The highest BCUT2D eigenvalue weighted by Gasteiger charge is 2.14. The van der Waals surface area contributed by atoms with E-state index >= 15 is 0 Å². The quantitative estimate of drug-likeness (QED) is 0.655. The average Bonchev–Trinajstić information content (AvgIpc) is 3.22. The second kappa shape index (κ2) is 7.57. The summed E-state index contributed by atoms with van der Waals surface area (Å²) >= 11 is 1.20. The molecule has 2 aromatic heterocycles. The van der Waals surface area contributed by atoms with Crippen LogP contribution in [-0.2, 0) is 4.79 Å². The number of carbonyl (C=O) groups is 1. The molecule has 6 nitrogen and oxygen atoms in total. The zero-order chi connectivity index (χ0) is 17.8. The third-order valence-electron chi connectivity index (χ3n) is 3.68. The number of rotatable bonds is 6. The monoisotopic (exact) mass is 357 g/mol. The summed E-state index contributed by atoms with van der Waals surface area (Å²) in [5.74, 6) is 1.63. The normalized spacial score (nSPS) is 11.0. The van der Waals surface area contributed by atoms with Crippen molar-refractivity contribution in [2.45, 2.75) is 31.9 Å². The number of furan rings is 1. The lowest BCUT2D eigenvalue weighted by atomic mass is 10.0. The Balaban J connectivity index is 1.54. The van der Waals surface area contributed by atoms with Crippen molar-refractivity contribution in [3.8, 4) is 11.5 Å². The molecule has 1 amide bonds. The third kappa shape index (κ3) is 4.30. The summed E-state index contributed by atoms with van der Waals surface area (Å²) in [5, 5.41) is 11.1. The van der Waals surface area contributed by atoms with Gasteiger partial charge in [0.25, 0.3) is 11.1 Å². The lowest BCUT2D eigenvalue weighted by molar-refractivity contribution is -0.113. The van der Waals surface area contributed by atoms with E-state index in [2.05, 4.69) is 29.4 Å². The lowest BCUT2D eigenvalue weighted by Gasteiger charge is -2.07. The number of aromatic nitrogens is 2. The summed E-state index contributed by atoms with van der Waals surface area (Å²) < 4.78 is 10.8. The van der Waals surface area contributed by atoms with E-state index in [-0.39, 0.29) is 11.7 Å². The predicted octanol–water partition coefficient (Wildman–Crippen LogP) is 4.49. The smallest absolute Gasteiger partial charge is 0.277 e. The van der Waals surface area contributed by atoms with Gasteiger partial charge in [0.1, 0.15) is 5.76 Å². The maximum absolute atomic E-state index is 12.1. The van der Waals surface area contributed by atoms with Gasteiger partial charge in [-0.05, 0) is 36.6 Å². The Kier molecular flexibility index (Phi) is 5.23. The highest BCUT2D eigenvalue weighted by atomic mass is 32.2. The molecule has 0 saturated carbocycles. The van der Waals surface area contributed by atoms with Crippen LogP contribution in [0.25, 0.3) is 11.5 Å². The van der Waals surface area contributed by atoms with Crippen LogP contribution in [-0.4, -0.2) is 21.9 Å². The molecule has 3 rings (SSSR count). The number of carbonyl (C=O) groups excluding carboxylic acids is 1. The van der Waals surface area contributed by atoms with Crippen LogP contribution in [0.4, 0.5) is 5.69 Å². The lowest BCUT2D eigenvalue weighted by Crippen LogP contribution is -2.14. The molecule has 0 fully saturated rings. The summed E-state index contributed by atoms with van der Waals surface area (Å²) in [4.78, 5) is 12.1.